The second-order valence-corrected chi connectivity index (χ2v) is 4.65. The third-order valence-electron chi connectivity index (χ3n) is 3.06. The van der Waals surface area contributed by atoms with Crippen molar-refractivity contribution >= 4 is 23.0 Å². The molecule has 0 aliphatic carbocycles. The molecule has 20 heavy (non-hydrogen) atoms. The van der Waals surface area contributed by atoms with Crippen LogP contribution in [0.3, 0.4) is 0 Å². The summed E-state index contributed by atoms with van der Waals surface area (Å²) in [4.78, 5) is 11.3. The van der Waals surface area contributed by atoms with Crippen LogP contribution in [0.4, 0.5) is 17.1 Å². The predicted molar refractivity (Wildman–Crippen MR) is 78.7 cm³/mol. The number of fused-ring (bicyclic) bond motifs is 1. The molecule has 5 nitrogen and oxygen atoms in total. The fraction of sp³-hybridized carbons (Fsp3) is 0.133. The fourth-order valence-electron chi connectivity index (χ4n) is 2.10. The molecule has 1 aliphatic rings. The standard InChI is InChI=1S/C15H15N3O2/c16-11-3-1-2-10(6-11)8-17-12-4-5-14-13(7-12)18-15(19)9-20-14/h1-7,17H,8-9,16H2,(H,18,19). The second kappa shape index (κ2) is 5.13. The molecule has 5 heteroatoms. The quantitative estimate of drug-likeness (QED) is 0.747. The lowest BCUT2D eigenvalue weighted by Crippen LogP contribution is -2.25. The van der Waals surface area contributed by atoms with Gasteiger partial charge in [-0.1, -0.05) is 12.1 Å². The molecule has 3 rings (SSSR count). The highest BCUT2D eigenvalue weighted by Gasteiger charge is 2.15. The molecule has 0 saturated heterocycles. The smallest absolute Gasteiger partial charge is 0.262 e. The van der Waals surface area contributed by atoms with E-state index in [1.165, 1.54) is 0 Å². The Morgan fingerprint density at radius 1 is 1.25 bits per heavy atom. The van der Waals surface area contributed by atoms with Crippen molar-refractivity contribution in [2.75, 3.05) is 23.0 Å². The van der Waals surface area contributed by atoms with Gasteiger partial charge in [-0.2, -0.15) is 0 Å². The van der Waals surface area contributed by atoms with E-state index in [4.69, 9.17) is 10.5 Å². The summed E-state index contributed by atoms with van der Waals surface area (Å²) in [6.45, 7) is 0.738. The van der Waals surface area contributed by atoms with Crippen LogP contribution in [0.15, 0.2) is 42.5 Å². The zero-order chi connectivity index (χ0) is 13.9. The summed E-state index contributed by atoms with van der Waals surface area (Å²) in [6.07, 6.45) is 0. The Morgan fingerprint density at radius 3 is 3.00 bits per heavy atom. The number of benzene rings is 2. The summed E-state index contributed by atoms with van der Waals surface area (Å²) in [5.41, 5.74) is 9.20. The Balaban J connectivity index is 1.72. The van der Waals surface area contributed by atoms with Crippen LogP contribution in [0.2, 0.25) is 0 Å². The number of ether oxygens (including phenoxy) is 1. The second-order valence-electron chi connectivity index (χ2n) is 4.65. The summed E-state index contributed by atoms with van der Waals surface area (Å²) < 4.78 is 5.31. The number of nitrogen functional groups attached to an aromatic ring is 1. The van der Waals surface area contributed by atoms with Gasteiger partial charge in [-0.15, -0.1) is 0 Å². The van der Waals surface area contributed by atoms with E-state index in [9.17, 15) is 4.79 Å². The molecule has 1 aliphatic heterocycles. The van der Waals surface area contributed by atoms with Gasteiger partial charge in [-0.25, -0.2) is 0 Å². The molecule has 0 saturated carbocycles. The van der Waals surface area contributed by atoms with Gasteiger partial charge in [0.25, 0.3) is 5.91 Å². The van der Waals surface area contributed by atoms with Crippen LogP contribution in [-0.2, 0) is 11.3 Å². The van der Waals surface area contributed by atoms with E-state index in [0.717, 1.165) is 16.9 Å². The van der Waals surface area contributed by atoms with E-state index in [-0.39, 0.29) is 12.5 Å². The number of hydrogen-bond donors (Lipinski definition) is 3. The molecule has 2 aromatic rings. The average Bonchev–Trinajstić information content (AvgIpc) is 2.45. The number of rotatable bonds is 3. The monoisotopic (exact) mass is 269 g/mol. The van der Waals surface area contributed by atoms with Crippen molar-refractivity contribution in [1.82, 2.24) is 0 Å². The molecule has 4 N–H and O–H groups in total. The van der Waals surface area contributed by atoms with Gasteiger partial charge in [0.1, 0.15) is 5.75 Å². The van der Waals surface area contributed by atoms with Crippen LogP contribution in [0.25, 0.3) is 0 Å². The van der Waals surface area contributed by atoms with Crippen molar-refractivity contribution in [1.29, 1.82) is 0 Å². The molecule has 0 atom stereocenters. The molecule has 102 valence electrons. The highest BCUT2D eigenvalue weighted by atomic mass is 16.5. The third kappa shape index (κ3) is 2.66. The molecule has 0 fully saturated rings. The summed E-state index contributed by atoms with van der Waals surface area (Å²) in [5, 5.41) is 6.07. The van der Waals surface area contributed by atoms with Crippen molar-refractivity contribution in [3.8, 4) is 5.75 Å². The number of nitrogens with one attached hydrogen (secondary N) is 2. The molecule has 1 amide bonds. The van der Waals surface area contributed by atoms with Crippen molar-refractivity contribution in [2.24, 2.45) is 0 Å². The maximum Gasteiger partial charge on any atom is 0.262 e. The van der Waals surface area contributed by atoms with E-state index < -0.39 is 0 Å². The highest BCUT2D eigenvalue weighted by Crippen LogP contribution is 2.30. The van der Waals surface area contributed by atoms with Crippen LogP contribution in [0, 0.1) is 0 Å². The van der Waals surface area contributed by atoms with Gasteiger partial charge in [-0.05, 0) is 35.9 Å². The number of carbonyl (C=O) groups is 1. The lowest BCUT2D eigenvalue weighted by atomic mass is 10.2. The molecular weight excluding hydrogens is 254 g/mol. The SMILES string of the molecule is Nc1cccc(CNc2ccc3c(c2)NC(=O)CO3)c1. The van der Waals surface area contributed by atoms with Gasteiger partial charge in [0.05, 0.1) is 5.69 Å². The number of anilines is 3. The number of carbonyl (C=O) groups excluding carboxylic acids is 1. The Hall–Kier alpha value is -2.69. The van der Waals surface area contributed by atoms with E-state index in [1.807, 2.05) is 42.5 Å². The predicted octanol–water partition coefficient (Wildman–Crippen LogP) is 2.21. The van der Waals surface area contributed by atoms with E-state index in [2.05, 4.69) is 10.6 Å². The molecule has 0 aromatic heterocycles. The topological polar surface area (TPSA) is 76.4 Å². The summed E-state index contributed by atoms with van der Waals surface area (Å²) in [6, 6.07) is 13.3. The maximum absolute atomic E-state index is 11.3. The summed E-state index contributed by atoms with van der Waals surface area (Å²) in [7, 11) is 0. The Bertz CT molecular complexity index is 655. The first-order valence-electron chi connectivity index (χ1n) is 6.36. The molecule has 0 spiro atoms. The maximum atomic E-state index is 11.3. The molecule has 1 heterocycles. The number of nitrogens with two attached hydrogens (primary N) is 1. The summed E-state index contributed by atoms with van der Waals surface area (Å²) in [5.74, 6) is 0.560. The number of amides is 1. The van der Waals surface area contributed by atoms with Gasteiger partial charge in [0.15, 0.2) is 6.61 Å². The van der Waals surface area contributed by atoms with Gasteiger partial charge in [0, 0.05) is 17.9 Å². The Morgan fingerprint density at radius 2 is 2.15 bits per heavy atom. The van der Waals surface area contributed by atoms with Crippen molar-refractivity contribution in [3.05, 3.63) is 48.0 Å². The van der Waals surface area contributed by atoms with Gasteiger partial charge in [0.2, 0.25) is 0 Å². The third-order valence-corrected chi connectivity index (χ3v) is 3.06. The van der Waals surface area contributed by atoms with Crippen LogP contribution >= 0.6 is 0 Å². The first-order valence-corrected chi connectivity index (χ1v) is 6.36. The van der Waals surface area contributed by atoms with Crippen molar-refractivity contribution in [3.63, 3.8) is 0 Å². The van der Waals surface area contributed by atoms with Crippen LogP contribution in [-0.4, -0.2) is 12.5 Å². The molecular formula is C15H15N3O2. The first-order chi connectivity index (χ1) is 9.70. The normalized spacial score (nSPS) is 13.1. The van der Waals surface area contributed by atoms with Crippen molar-refractivity contribution < 1.29 is 9.53 Å². The molecule has 2 aromatic carbocycles. The Kier molecular flexibility index (Phi) is 3.16. The largest absolute Gasteiger partial charge is 0.482 e. The molecule has 0 unspecified atom stereocenters. The lowest BCUT2D eigenvalue weighted by Gasteiger charge is -2.19. The summed E-state index contributed by atoms with van der Waals surface area (Å²) >= 11 is 0. The minimum Gasteiger partial charge on any atom is -0.482 e. The van der Waals surface area contributed by atoms with Crippen LogP contribution in [0.1, 0.15) is 5.56 Å². The Labute approximate surface area is 116 Å². The molecule has 0 bridgehead atoms. The zero-order valence-electron chi connectivity index (χ0n) is 10.8. The molecule has 0 radical (unpaired) electrons. The first kappa shape index (κ1) is 12.3. The minimum absolute atomic E-state index is 0.0725. The number of hydrogen-bond acceptors (Lipinski definition) is 4. The zero-order valence-corrected chi connectivity index (χ0v) is 10.8. The average molecular weight is 269 g/mol. The van der Waals surface area contributed by atoms with E-state index in [1.54, 1.807) is 0 Å². The van der Waals surface area contributed by atoms with Crippen molar-refractivity contribution in [2.45, 2.75) is 6.54 Å². The van der Waals surface area contributed by atoms with Crippen LogP contribution < -0.4 is 21.1 Å². The van der Waals surface area contributed by atoms with Crippen LogP contribution in [0.5, 0.6) is 5.75 Å². The van der Waals surface area contributed by atoms with Gasteiger partial charge < -0.3 is 21.1 Å². The van der Waals surface area contributed by atoms with Gasteiger partial charge >= 0.3 is 0 Å². The highest BCUT2D eigenvalue weighted by molar-refractivity contribution is 5.96. The van der Waals surface area contributed by atoms with E-state index in [0.29, 0.717) is 18.0 Å². The fourth-order valence-corrected chi connectivity index (χ4v) is 2.10. The lowest BCUT2D eigenvalue weighted by molar-refractivity contribution is -0.118. The van der Waals surface area contributed by atoms with Gasteiger partial charge in [-0.3, -0.25) is 4.79 Å². The van der Waals surface area contributed by atoms with E-state index >= 15 is 0 Å². The minimum atomic E-state index is -0.134.